The first-order chi connectivity index (χ1) is 14.6. The molecule has 3 aromatic rings. The maximum atomic E-state index is 13.4. The van der Waals surface area contributed by atoms with Crippen molar-refractivity contribution in [2.45, 2.75) is 13.8 Å². The van der Waals surface area contributed by atoms with Crippen LogP contribution in [0.4, 0.5) is 11.4 Å². The van der Waals surface area contributed by atoms with Gasteiger partial charge in [-0.1, -0.05) is 60.2 Å². The van der Waals surface area contributed by atoms with E-state index >= 15 is 0 Å². The Morgan fingerprint density at radius 3 is 2.20 bits per heavy atom. The van der Waals surface area contributed by atoms with E-state index < -0.39 is 5.91 Å². The van der Waals surface area contributed by atoms with E-state index in [1.165, 1.54) is 4.90 Å². The van der Waals surface area contributed by atoms with Crippen LogP contribution in [-0.4, -0.2) is 18.4 Å². The summed E-state index contributed by atoms with van der Waals surface area (Å²) < 4.78 is 5.68. The molecule has 5 nitrogen and oxygen atoms in total. The number of ether oxygens (including phenoxy) is 1. The number of hydrogen-bond acceptors (Lipinski definition) is 4. The number of nitrogens with zero attached hydrogens (tertiary/aromatic N) is 1. The van der Waals surface area contributed by atoms with Crippen molar-refractivity contribution in [3.63, 3.8) is 0 Å². The molecule has 0 aromatic heterocycles. The molecule has 150 valence electrons. The molecule has 1 heterocycles. The molecule has 0 spiro atoms. The highest BCUT2D eigenvalue weighted by Gasteiger charge is 2.40. The lowest BCUT2D eigenvalue weighted by Gasteiger charge is -2.16. The zero-order valence-corrected chi connectivity index (χ0v) is 16.9. The molecule has 2 amide bonds. The summed E-state index contributed by atoms with van der Waals surface area (Å²) in [5, 5.41) is 3.18. The molecule has 30 heavy (non-hydrogen) atoms. The van der Waals surface area contributed by atoms with E-state index in [4.69, 9.17) is 4.74 Å². The van der Waals surface area contributed by atoms with E-state index in [9.17, 15) is 9.59 Å². The molecule has 0 aliphatic carbocycles. The minimum atomic E-state index is -0.395. The van der Waals surface area contributed by atoms with Crippen molar-refractivity contribution < 1.29 is 14.3 Å². The summed E-state index contributed by atoms with van der Waals surface area (Å²) in [6.07, 6.45) is 0. The van der Waals surface area contributed by atoms with Gasteiger partial charge < -0.3 is 10.1 Å². The van der Waals surface area contributed by atoms with E-state index in [1.54, 1.807) is 24.3 Å². The number of amides is 2. The lowest BCUT2D eigenvalue weighted by atomic mass is 10.0. The summed E-state index contributed by atoms with van der Waals surface area (Å²) in [5.41, 5.74) is 3.51. The Bertz CT molecular complexity index is 1120. The van der Waals surface area contributed by atoms with Crippen molar-refractivity contribution in [1.82, 2.24) is 0 Å². The molecule has 5 heteroatoms. The largest absolute Gasteiger partial charge is 0.492 e. The number of anilines is 2. The number of aryl methyl sites for hydroxylation is 1. The Hall–Kier alpha value is -3.86. The maximum Gasteiger partial charge on any atom is 0.282 e. The lowest BCUT2D eigenvalue weighted by molar-refractivity contribution is -0.120. The first kappa shape index (κ1) is 19.5. The van der Waals surface area contributed by atoms with Crippen molar-refractivity contribution >= 4 is 28.8 Å². The second-order valence-electron chi connectivity index (χ2n) is 6.95. The number of para-hydroxylation sites is 3. The molecule has 0 bridgehead atoms. The van der Waals surface area contributed by atoms with E-state index in [1.807, 2.05) is 68.4 Å². The highest BCUT2D eigenvalue weighted by Crippen LogP contribution is 2.35. The summed E-state index contributed by atoms with van der Waals surface area (Å²) in [5.74, 6) is -0.131. The fourth-order valence-corrected chi connectivity index (χ4v) is 3.43. The third-order valence-electron chi connectivity index (χ3n) is 4.89. The maximum absolute atomic E-state index is 13.4. The van der Waals surface area contributed by atoms with Crippen LogP contribution in [0.2, 0.25) is 0 Å². The minimum absolute atomic E-state index is 0.236. The predicted molar refractivity (Wildman–Crippen MR) is 118 cm³/mol. The molecule has 1 aliphatic rings. The molecule has 0 atom stereocenters. The topological polar surface area (TPSA) is 58.6 Å². The van der Waals surface area contributed by atoms with Gasteiger partial charge in [0.1, 0.15) is 11.4 Å². The van der Waals surface area contributed by atoms with Crippen molar-refractivity contribution in [1.29, 1.82) is 0 Å². The highest BCUT2D eigenvalue weighted by molar-refractivity contribution is 6.46. The highest BCUT2D eigenvalue weighted by atomic mass is 16.5. The first-order valence-electron chi connectivity index (χ1n) is 9.84. The molecule has 4 rings (SSSR count). The van der Waals surface area contributed by atoms with E-state index in [0.29, 0.717) is 34.9 Å². The number of rotatable bonds is 6. The van der Waals surface area contributed by atoms with Gasteiger partial charge in [-0.3, -0.25) is 9.59 Å². The SMILES string of the molecule is CCOc1ccccc1NC1=C(c2ccc(C)cc2)C(=O)N(c2ccccc2)C1=O. The zero-order valence-electron chi connectivity index (χ0n) is 16.9. The summed E-state index contributed by atoms with van der Waals surface area (Å²) in [6.45, 7) is 4.37. The van der Waals surface area contributed by atoms with E-state index in [2.05, 4.69) is 5.32 Å². The quantitative estimate of drug-likeness (QED) is 0.607. The van der Waals surface area contributed by atoms with Gasteiger partial charge in [-0.05, 0) is 43.7 Å². The molecule has 0 radical (unpaired) electrons. The monoisotopic (exact) mass is 398 g/mol. The summed E-state index contributed by atoms with van der Waals surface area (Å²) in [7, 11) is 0. The average Bonchev–Trinajstić information content (AvgIpc) is 3.00. The molecule has 0 unspecified atom stereocenters. The predicted octanol–water partition coefficient (Wildman–Crippen LogP) is 4.79. The van der Waals surface area contributed by atoms with Gasteiger partial charge in [0.05, 0.1) is 23.6 Å². The van der Waals surface area contributed by atoms with Crippen molar-refractivity contribution in [2.75, 3.05) is 16.8 Å². The van der Waals surface area contributed by atoms with Crippen LogP contribution in [0.3, 0.4) is 0 Å². The van der Waals surface area contributed by atoms with Gasteiger partial charge in [0.25, 0.3) is 11.8 Å². The van der Waals surface area contributed by atoms with Crippen molar-refractivity contribution in [2.24, 2.45) is 0 Å². The standard InChI is InChI=1S/C25H22N2O3/c1-3-30-21-12-8-7-11-20(21)26-23-22(18-15-13-17(2)14-16-18)24(28)27(25(23)29)19-9-5-4-6-10-19/h4-16,26H,3H2,1-2H3. The Labute approximate surface area is 175 Å². The molecule has 3 aromatic carbocycles. The van der Waals surface area contributed by atoms with Crippen molar-refractivity contribution in [3.05, 3.63) is 95.7 Å². The van der Waals surface area contributed by atoms with Crippen LogP contribution in [0.1, 0.15) is 18.1 Å². The Morgan fingerprint density at radius 2 is 1.50 bits per heavy atom. The Morgan fingerprint density at radius 1 is 0.833 bits per heavy atom. The van der Waals surface area contributed by atoms with Gasteiger partial charge in [0, 0.05) is 0 Å². The van der Waals surface area contributed by atoms with Crippen LogP contribution < -0.4 is 15.0 Å². The Balaban J connectivity index is 1.82. The van der Waals surface area contributed by atoms with E-state index in [-0.39, 0.29) is 11.6 Å². The third-order valence-corrected chi connectivity index (χ3v) is 4.89. The molecule has 0 fully saturated rings. The second-order valence-corrected chi connectivity index (χ2v) is 6.95. The molecule has 0 saturated heterocycles. The average molecular weight is 398 g/mol. The number of carbonyl (C=O) groups is 2. The smallest absolute Gasteiger partial charge is 0.282 e. The first-order valence-corrected chi connectivity index (χ1v) is 9.84. The number of benzene rings is 3. The molecule has 1 aliphatic heterocycles. The van der Waals surface area contributed by atoms with Crippen LogP contribution in [-0.2, 0) is 9.59 Å². The summed E-state index contributed by atoms with van der Waals surface area (Å²) in [6, 6.07) is 23.9. The van der Waals surface area contributed by atoms with Crippen LogP contribution in [0.5, 0.6) is 5.75 Å². The third kappa shape index (κ3) is 3.57. The van der Waals surface area contributed by atoms with Gasteiger partial charge in [0.15, 0.2) is 0 Å². The lowest BCUT2D eigenvalue weighted by Crippen LogP contribution is -2.32. The van der Waals surface area contributed by atoms with Crippen LogP contribution in [0, 0.1) is 6.92 Å². The molecule has 0 saturated carbocycles. The van der Waals surface area contributed by atoms with Gasteiger partial charge >= 0.3 is 0 Å². The summed E-state index contributed by atoms with van der Waals surface area (Å²) in [4.78, 5) is 28.0. The number of carbonyl (C=O) groups excluding carboxylic acids is 2. The Kier molecular flexibility index (Phi) is 5.35. The van der Waals surface area contributed by atoms with Crippen LogP contribution in [0.25, 0.3) is 5.57 Å². The number of nitrogens with one attached hydrogen (secondary N) is 1. The van der Waals surface area contributed by atoms with Gasteiger partial charge in [-0.2, -0.15) is 0 Å². The molecular formula is C25H22N2O3. The molecular weight excluding hydrogens is 376 g/mol. The second kappa shape index (κ2) is 8.25. The van der Waals surface area contributed by atoms with E-state index in [0.717, 1.165) is 5.56 Å². The fourth-order valence-electron chi connectivity index (χ4n) is 3.43. The minimum Gasteiger partial charge on any atom is -0.492 e. The van der Waals surface area contributed by atoms with Crippen LogP contribution in [0.15, 0.2) is 84.6 Å². The van der Waals surface area contributed by atoms with Crippen LogP contribution >= 0.6 is 0 Å². The zero-order chi connectivity index (χ0) is 21.1. The van der Waals surface area contributed by atoms with Gasteiger partial charge in [-0.25, -0.2) is 4.90 Å². The normalized spacial score (nSPS) is 13.7. The summed E-state index contributed by atoms with van der Waals surface area (Å²) >= 11 is 0. The van der Waals surface area contributed by atoms with Crippen molar-refractivity contribution in [3.8, 4) is 5.75 Å². The number of hydrogen-bond donors (Lipinski definition) is 1. The fraction of sp³-hybridized carbons (Fsp3) is 0.120. The molecule has 1 N–H and O–H groups in total. The van der Waals surface area contributed by atoms with Gasteiger partial charge in [-0.15, -0.1) is 0 Å². The number of imide groups is 1. The van der Waals surface area contributed by atoms with Gasteiger partial charge in [0.2, 0.25) is 0 Å².